The summed E-state index contributed by atoms with van der Waals surface area (Å²) in [6.07, 6.45) is 0.207. The van der Waals surface area contributed by atoms with Crippen molar-refractivity contribution in [1.82, 2.24) is 0 Å². The summed E-state index contributed by atoms with van der Waals surface area (Å²) in [7, 11) is 0. The molecule has 0 unspecified atom stereocenters. The lowest BCUT2D eigenvalue weighted by atomic mass is 10.1. The van der Waals surface area contributed by atoms with Gasteiger partial charge in [0.2, 0.25) is 5.91 Å². The van der Waals surface area contributed by atoms with Crippen LogP contribution in [-0.4, -0.2) is 12.5 Å². The maximum absolute atomic E-state index is 12.8. The molecular weight excluding hydrogens is 323 g/mol. The van der Waals surface area contributed by atoms with Crippen LogP contribution in [0.3, 0.4) is 0 Å². The van der Waals surface area contributed by atoms with Gasteiger partial charge in [-0.2, -0.15) is 13.2 Å². The number of alkyl halides is 3. The molecule has 0 bridgehead atoms. The van der Waals surface area contributed by atoms with Crippen molar-refractivity contribution in [3.05, 3.63) is 54.0 Å². The number of carbonyl (C=O) groups is 1. The third-order valence-electron chi connectivity index (χ3n) is 2.97. The fourth-order valence-corrected chi connectivity index (χ4v) is 1.86. The minimum Gasteiger partial charge on any atom is -0.491 e. The Hall–Kier alpha value is -2.70. The van der Waals surface area contributed by atoms with E-state index in [4.69, 9.17) is 9.15 Å². The number of rotatable bonds is 6. The van der Waals surface area contributed by atoms with Crippen molar-refractivity contribution in [2.75, 3.05) is 11.9 Å². The summed E-state index contributed by atoms with van der Waals surface area (Å²) in [5, 5.41) is 2.40. The molecule has 0 aliphatic carbocycles. The number of benzene rings is 1. The van der Waals surface area contributed by atoms with Gasteiger partial charge in [0.1, 0.15) is 11.5 Å². The van der Waals surface area contributed by atoms with Gasteiger partial charge in [-0.05, 0) is 42.8 Å². The highest BCUT2D eigenvalue weighted by Gasteiger charge is 2.31. The predicted molar refractivity (Wildman–Crippen MR) is 83.6 cm³/mol. The average molecular weight is 339 g/mol. The summed E-state index contributed by atoms with van der Waals surface area (Å²) in [6, 6.07) is 6.26. The highest BCUT2D eigenvalue weighted by atomic mass is 19.4. The normalized spacial score (nSPS) is 11.7. The Labute approximate surface area is 136 Å². The molecule has 1 heterocycles. The van der Waals surface area contributed by atoms with Gasteiger partial charge in [0.15, 0.2) is 0 Å². The number of nitrogens with one attached hydrogen (secondary N) is 1. The minimum absolute atomic E-state index is 0.0348. The molecule has 2 rings (SSSR count). The van der Waals surface area contributed by atoms with Crippen molar-refractivity contribution in [1.29, 1.82) is 0 Å². The van der Waals surface area contributed by atoms with Crippen molar-refractivity contribution in [3.63, 3.8) is 0 Å². The highest BCUT2D eigenvalue weighted by Crippen LogP contribution is 2.35. The molecule has 4 nitrogen and oxygen atoms in total. The van der Waals surface area contributed by atoms with E-state index in [0.29, 0.717) is 18.8 Å². The van der Waals surface area contributed by atoms with Crippen molar-refractivity contribution in [2.45, 2.75) is 19.5 Å². The van der Waals surface area contributed by atoms with Gasteiger partial charge in [0.25, 0.3) is 0 Å². The van der Waals surface area contributed by atoms with E-state index in [-0.39, 0.29) is 11.4 Å². The standard InChI is InChI=1S/C17H16F3NO3/c1-2-9-24-15-7-5-12(17(18,19)20)11-14(15)21-16(22)8-6-13-4-3-10-23-13/h3-8,10-11H,2,9H2,1H3,(H,21,22)/b8-6+. The number of ether oxygens (including phenoxy) is 1. The smallest absolute Gasteiger partial charge is 0.416 e. The lowest BCUT2D eigenvalue weighted by molar-refractivity contribution is -0.137. The largest absolute Gasteiger partial charge is 0.491 e. The molecule has 0 fully saturated rings. The monoisotopic (exact) mass is 339 g/mol. The van der Waals surface area contributed by atoms with Crippen molar-refractivity contribution in [2.24, 2.45) is 0 Å². The SMILES string of the molecule is CCCOc1ccc(C(F)(F)F)cc1NC(=O)/C=C/c1ccco1. The van der Waals surface area contributed by atoms with Crippen LogP contribution in [0, 0.1) is 0 Å². The average Bonchev–Trinajstić information content (AvgIpc) is 3.04. The van der Waals surface area contributed by atoms with Gasteiger partial charge < -0.3 is 14.5 Å². The lowest BCUT2D eigenvalue weighted by Gasteiger charge is -2.14. The van der Waals surface area contributed by atoms with Gasteiger partial charge in [-0.25, -0.2) is 0 Å². The first-order valence-electron chi connectivity index (χ1n) is 7.26. The number of halogens is 3. The summed E-state index contributed by atoms with van der Waals surface area (Å²) >= 11 is 0. The lowest BCUT2D eigenvalue weighted by Crippen LogP contribution is -2.12. The third kappa shape index (κ3) is 4.91. The summed E-state index contributed by atoms with van der Waals surface area (Å²) in [5.41, 5.74) is -0.899. The van der Waals surface area contributed by atoms with E-state index in [9.17, 15) is 18.0 Å². The van der Waals surface area contributed by atoms with Crippen LogP contribution in [0.25, 0.3) is 6.08 Å². The van der Waals surface area contributed by atoms with E-state index in [2.05, 4.69) is 5.32 Å². The molecule has 1 aromatic carbocycles. The van der Waals surface area contributed by atoms with Gasteiger partial charge in [0, 0.05) is 6.08 Å². The van der Waals surface area contributed by atoms with Gasteiger partial charge in [-0.3, -0.25) is 4.79 Å². The van der Waals surface area contributed by atoms with Crippen molar-refractivity contribution >= 4 is 17.7 Å². The van der Waals surface area contributed by atoms with Crippen LogP contribution < -0.4 is 10.1 Å². The second-order valence-corrected chi connectivity index (χ2v) is 4.90. The zero-order valence-electron chi connectivity index (χ0n) is 12.9. The predicted octanol–water partition coefficient (Wildman–Crippen LogP) is 4.74. The number of carbonyl (C=O) groups excluding carboxylic acids is 1. The summed E-state index contributed by atoms with van der Waals surface area (Å²) in [6.45, 7) is 2.20. The Morgan fingerprint density at radius 3 is 2.75 bits per heavy atom. The molecule has 0 aliphatic heterocycles. The van der Waals surface area contributed by atoms with Crippen LogP contribution in [0.2, 0.25) is 0 Å². The molecule has 0 atom stereocenters. The molecule has 0 spiro atoms. The van der Waals surface area contributed by atoms with Crippen LogP contribution in [0.1, 0.15) is 24.7 Å². The second kappa shape index (κ2) is 7.72. The van der Waals surface area contributed by atoms with Crippen molar-refractivity contribution < 1.29 is 27.1 Å². The topological polar surface area (TPSA) is 51.5 Å². The fraction of sp³-hybridized carbons (Fsp3) is 0.235. The molecular formula is C17H16F3NO3. The molecule has 0 saturated carbocycles. The molecule has 128 valence electrons. The van der Waals surface area contributed by atoms with E-state index >= 15 is 0 Å². The number of anilines is 1. The minimum atomic E-state index is -4.51. The molecule has 1 aromatic heterocycles. The van der Waals surface area contributed by atoms with Crippen LogP contribution in [0.15, 0.2) is 47.1 Å². The Balaban J connectivity index is 2.19. The van der Waals surface area contributed by atoms with Crippen LogP contribution in [0.4, 0.5) is 18.9 Å². The summed E-state index contributed by atoms with van der Waals surface area (Å²) < 4.78 is 48.9. The number of hydrogen-bond acceptors (Lipinski definition) is 3. The van der Waals surface area contributed by atoms with E-state index in [1.807, 2.05) is 6.92 Å². The van der Waals surface area contributed by atoms with E-state index in [1.54, 1.807) is 12.1 Å². The number of furan rings is 1. The van der Waals surface area contributed by atoms with Crippen LogP contribution in [-0.2, 0) is 11.0 Å². The van der Waals surface area contributed by atoms with E-state index < -0.39 is 17.6 Å². The highest BCUT2D eigenvalue weighted by molar-refractivity contribution is 6.02. The fourth-order valence-electron chi connectivity index (χ4n) is 1.86. The summed E-state index contributed by atoms with van der Waals surface area (Å²) in [5.74, 6) is 0.0494. The number of amides is 1. The molecule has 1 N–H and O–H groups in total. The molecule has 0 saturated heterocycles. The quantitative estimate of drug-likeness (QED) is 0.774. The molecule has 2 aromatic rings. The molecule has 0 radical (unpaired) electrons. The van der Waals surface area contributed by atoms with Gasteiger partial charge in [-0.1, -0.05) is 6.92 Å². The third-order valence-corrected chi connectivity index (χ3v) is 2.97. The zero-order valence-corrected chi connectivity index (χ0v) is 12.9. The Bertz CT molecular complexity index is 706. The maximum Gasteiger partial charge on any atom is 0.416 e. The second-order valence-electron chi connectivity index (χ2n) is 4.90. The van der Waals surface area contributed by atoms with Gasteiger partial charge in [0.05, 0.1) is 24.1 Å². The number of hydrogen-bond donors (Lipinski definition) is 1. The molecule has 7 heteroatoms. The van der Waals surface area contributed by atoms with E-state index in [1.165, 1.54) is 24.5 Å². The van der Waals surface area contributed by atoms with Gasteiger partial charge in [-0.15, -0.1) is 0 Å². The maximum atomic E-state index is 12.8. The first-order valence-corrected chi connectivity index (χ1v) is 7.26. The molecule has 0 aliphatic rings. The Morgan fingerprint density at radius 2 is 2.12 bits per heavy atom. The van der Waals surface area contributed by atoms with Crippen molar-refractivity contribution in [3.8, 4) is 5.75 Å². The van der Waals surface area contributed by atoms with Crippen LogP contribution >= 0.6 is 0 Å². The Kier molecular flexibility index (Phi) is 5.68. The first kappa shape index (κ1) is 17.7. The van der Waals surface area contributed by atoms with Gasteiger partial charge >= 0.3 is 6.18 Å². The summed E-state index contributed by atoms with van der Waals surface area (Å²) in [4.78, 5) is 11.9. The molecule has 24 heavy (non-hydrogen) atoms. The van der Waals surface area contributed by atoms with E-state index in [0.717, 1.165) is 12.1 Å². The van der Waals surface area contributed by atoms with Crippen LogP contribution in [0.5, 0.6) is 5.75 Å². The molecule has 1 amide bonds. The first-order chi connectivity index (χ1) is 11.4. The Morgan fingerprint density at radius 1 is 1.33 bits per heavy atom. The zero-order chi connectivity index (χ0) is 17.6.